The van der Waals surface area contributed by atoms with Crippen molar-refractivity contribution >= 4 is 56.0 Å². The van der Waals surface area contributed by atoms with Gasteiger partial charge in [0.1, 0.15) is 0 Å². The topological polar surface area (TPSA) is 145 Å². The molecule has 0 spiro atoms. The van der Waals surface area contributed by atoms with Crippen LogP contribution in [0.2, 0.25) is 0 Å². The number of benzene rings is 3. The second kappa shape index (κ2) is 18.3. The van der Waals surface area contributed by atoms with Crippen LogP contribution in [0.25, 0.3) is 10.8 Å². The van der Waals surface area contributed by atoms with Crippen molar-refractivity contribution in [1.29, 1.82) is 0 Å². The van der Waals surface area contributed by atoms with E-state index in [0.717, 1.165) is 56.7 Å². The standard InChI is InChI=1S/C37H40N2O8S2.2Na/c1-36(2)29-13-10-11-14-30(29)38(22-12-24-49(43,44)45)32(36)15-8-6-5-7-9-16-33-37(3,4)35-28-19-18-27(48-47-46-42)25-26(28)17-20-31(35)39(33)23-21-34(40)41;;/h5-11,13-20,25H,12,21-24H2,1-4H3,(H2-,40,41,42,43,44,45);;/q;2*+1/p-2. The molecule has 2 aliphatic rings. The Morgan fingerprint density at radius 1 is 0.961 bits per heavy atom. The third kappa shape index (κ3) is 9.94. The molecule has 0 amide bonds. The fourth-order valence-electron chi connectivity index (χ4n) is 6.89. The van der Waals surface area contributed by atoms with Gasteiger partial charge in [0.2, 0.25) is 5.69 Å². The molecule has 0 aliphatic carbocycles. The quantitative estimate of drug-likeness (QED) is 0.0379. The van der Waals surface area contributed by atoms with Crippen molar-refractivity contribution in [3.63, 3.8) is 0 Å². The smallest absolute Gasteiger partial charge is 0.748 e. The Bertz CT molecular complexity index is 2020. The summed E-state index contributed by atoms with van der Waals surface area (Å²) in [4.78, 5) is 14.3. The van der Waals surface area contributed by atoms with E-state index in [9.17, 15) is 28.1 Å². The summed E-state index contributed by atoms with van der Waals surface area (Å²) < 4.78 is 40.2. The number of hydrogen-bond donors (Lipinski definition) is 0. The zero-order valence-electron chi connectivity index (χ0n) is 29.8. The second-order valence-electron chi connectivity index (χ2n) is 12.9. The summed E-state index contributed by atoms with van der Waals surface area (Å²) >= 11 is 0.825. The van der Waals surface area contributed by atoms with Crippen LogP contribution in [-0.2, 0) is 35.1 Å². The maximum Gasteiger partial charge on any atom is 1.00 e. The average molecular weight is 749 g/mol. The number of para-hydroxylation sites is 1. The first kappa shape index (κ1) is 43.4. The molecule has 3 aromatic rings. The van der Waals surface area contributed by atoms with Crippen LogP contribution in [0.4, 0.5) is 11.4 Å². The minimum absolute atomic E-state index is 0. The number of rotatable bonds is 14. The van der Waals surface area contributed by atoms with Gasteiger partial charge in [0.05, 0.1) is 27.6 Å². The molecule has 2 heterocycles. The Kier molecular flexibility index (Phi) is 15.6. The molecule has 258 valence electrons. The molecule has 0 saturated heterocycles. The number of nitrogens with zero attached hydrogens (tertiary/aromatic N) is 2. The summed E-state index contributed by atoms with van der Waals surface area (Å²) in [7, 11) is -4.30. The van der Waals surface area contributed by atoms with Crippen LogP contribution in [0.3, 0.4) is 0 Å². The Morgan fingerprint density at radius 3 is 2.37 bits per heavy atom. The summed E-state index contributed by atoms with van der Waals surface area (Å²) in [6.45, 7) is 9.12. The molecule has 0 aromatic heterocycles. The molecule has 3 aromatic carbocycles. The first-order valence-electron chi connectivity index (χ1n) is 15.8. The number of carbonyl (C=O) groups is 1. The number of carbonyl (C=O) groups excluding carboxylic acids is 1. The molecule has 0 radical (unpaired) electrons. The molecule has 5 rings (SSSR count). The van der Waals surface area contributed by atoms with Crippen LogP contribution >= 0.6 is 12.0 Å². The van der Waals surface area contributed by atoms with Gasteiger partial charge in [0.25, 0.3) is 0 Å². The van der Waals surface area contributed by atoms with Gasteiger partial charge in [-0.25, -0.2) is 8.42 Å². The van der Waals surface area contributed by atoms with Crippen LogP contribution in [-0.4, -0.2) is 48.1 Å². The van der Waals surface area contributed by atoms with E-state index in [1.54, 1.807) is 0 Å². The minimum Gasteiger partial charge on any atom is -0.748 e. The molecule has 0 unspecified atom stereocenters. The van der Waals surface area contributed by atoms with E-state index in [0.29, 0.717) is 11.4 Å². The zero-order chi connectivity index (χ0) is 35.4. The molecule has 0 N–H and O–H groups in total. The van der Waals surface area contributed by atoms with Crippen molar-refractivity contribution in [3.8, 4) is 0 Å². The van der Waals surface area contributed by atoms with Crippen molar-refractivity contribution in [1.82, 2.24) is 0 Å². The molecular weight excluding hydrogens is 711 g/mol. The van der Waals surface area contributed by atoms with E-state index in [1.165, 1.54) is 0 Å². The van der Waals surface area contributed by atoms with Crippen molar-refractivity contribution in [3.05, 3.63) is 114 Å². The van der Waals surface area contributed by atoms with Gasteiger partial charge in [-0.2, -0.15) is 8.91 Å². The first-order chi connectivity index (χ1) is 23.3. The molecular formula is C37H38N2Na2O8S2. The molecule has 0 bridgehead atoms. The second-order valence-corrected chi connectivity index (χ2v) is 15.2. The fraction of sp³-hybridized carbons (Fsp3) is 0.297. The Hall–Kier alpha value is -2.04. The largest absolute Gasteiger partial charge is 1.00 e. The van der Waals surface area contributed by atoms with Gasteiger partial charge in [0, 0.05) is 64.1 Å². The fourth-order valence-corrected chi connectivity index (χ4v) is 7.78. The third-order valence-corrected chi connectivity index (χ3v) is 10.4. The third-order valence-electron chi connectivity index (χ3n) is 9.04. The monoisotopic (exact) mass is 748 g/mol. The molecule has 0 atom stereocenters. The number of carboxylic acids is 1. The maximum atomic E-state index is 11.5. The predicted octanol–water partition coefficient (Wildman–Crippen LogP) is -1.12. The van der Waals surface area contributed by atoms with Crippen molar-refractivity contribution in [2.24, 2.45) is 0 Å². The number of hydrogen-bond acceptors (Lipinski definition) is 10. The van der Waals surface area contributed by atoms with Crippen LogP contribution < -0.4 is 74.4 Å². The average Bonchev–Trinajstić information content (AvgIpc) is 3.40. The Balaban J connectivity index is 0.00000351. The molecule has 51 heavy (non-hydrogen) atoms. The summed E-state index contributed by atoms with van der Waals surface area (Å²) in [6, 6.07) is 17.7. The molecule has 0 saturated carbocycles. The summed E-state index contributed by atoms with van der Waals surface area (Å²) in [5.74, 6) is -1.54. The van der Waals surface area contributed by atoms with Crippen LogP contribution in [0.15, 0.2) is 108 Å². The van der Waals surface area contributed by atoms with E-state index >= 15 is 0 Å². The van der Waals surface area contributed by atoms with Gasteiger partial charge in [-0.3, -0.25) is 5.04 Å². The SMILES string of the molecule is CC1(C)C(/C=C/C=C/C=C/C=C2/N(CCCS(=O)(=O)[O-])c3ccccc3C2(C)C)=[N+](CCC(=O)[O-])c2ccc3cc(SOO[O-])ccc3c21.[Na+].[Na+]. The normalized spacial score (nSPS) is 17.1. The van der Waals surface area contributed by atoms with Gasteiger partial charge in [0.15, 0.2) is 12.3 Å². The Labute approximate surface area is 348 Å². The van der Waals surface area contributed by atoms with E-state index in [4.69, 9.17) is 0 Å². The molecule has 0 fully saturated rings. The number of aliphatic carboxylic acids is 1. The summed E-state index contributed by atoms with van der Waals surface area (Å²) in [5.41, 5.74) is 5.28. The Morgan fingerprint density at radius 2 is 1.67 bits per heavy atom. The molecule has 10 nitrogen and oxygen atoms in total. The van der Waals surface area contributed by atoms with E-state index in [1.807, 2.05) is 95.6 Å². The van der Waals surface area contributed by atoms with Gasteiger partial charge in [-0.05, 0) is 66.9 Å². The number of anilines is 1. The summed E-state index contributed by atoms with van der Waals surface area (Å²) in [6.07, 6.45) is 13.7. The number of carboxylic acid groups (broad SMARTS) is 1. The van der Waals surface area contributed by atoms with Gasteiger partial charge >= 0.3 is 59.1 Å². The summed E-state index contributed by atoms with van der Waals surface area (Å²) in [5, 5.41) is 27.2. The minimum atomic E-state index is -4.30. The van der Waals surface area contributed by atoms with Gasteiger partial charge in [-0.1, -0.05) is 68.5 Å². The van der Waals surface area contributed by atoms with Crippen molar-refractivity contribution in [2.45, 2.75) is 56.3 Å². The van der Waals surface area contributed by atoms with Gasteiger partial charge in [-0.15, -0.1) is 0 Å². The van der Waals surface area contributed by atoms with Crippen LogP contribution in [0.1, 0.15) is 51.7 Å². The van der Waals surface area contributed by atoms with Crippen molar-refractivity contribution < 1.29 is 101 Å². The van der Waals surface area contributed by atoms with Crippen LogP contribution in [0.5, 0.6) is 0 Å². The maximum absolute atomic E-state index is 11.5. The first-order valence-corrected chi connectivity index (χ1v) is 18.2. The molecule has 14 heteroatoms. The molecule has 2 aliphatic heterocycles. The van der Waals surface area contributed by atoms with Gasteiger partial charge < -0.3 is 24.6 Å². The van der Waals surface area contributed by atoms with E-state index < -0.39 is 27.3 Å². The van der Waals surface area contributed by atoms with Crippen LogP contribution in [0, 0.1) is 0 Å². The number of fused-ring (bicyclic) bond motifs is 4. The predicted molar refractivity (Wildman–Crippen MR) is 186 cm³/mol. The van der Waals surface area contributed by atoms with E-state index in [-0.39, 0.29) is 83.9 Å². The van der Waals surface area contributed by atoms with Crippen molar-refractivity contribution in [2.75, 3.05) is 23.7 Å². The number of allylic oxidation sites excluding steroid dienone is 8. The van der Waals surface area contributed by atoms with E-state index in [2.05, 4.69) is 48.0 Å². The zero-order valence-corrected chi connectivity index (χ0v) is 35.4.